The molecule has 1 atom stereocenters. The van der Waals surface area contributed by atoms with E-state index in [1.165, 1.54) is 0 Å². The predicted octanol–water partition coefficient (Wildman–Crippen LogP) is 1.37. The molecule has 3 rings (SSSR count). The van der Waals surface area contributed by atoms with Crippen molar-refractivity contribution in [1.82, 2.24) is 9.55 Å². The van der Waals surface area contributed by atoms with Gasteiger partial charge in [0.05, 0.1) is 37.0 Å². The molecule has 18 heavy (non-hydrogen) atoms. The van der Waals surface area contributed by atoms with Gasteiger partial charge in [0.1, 0.15) is 5.75 Å². The molecular weight excluding hydrogens is 232 g/mol. The molecule has 5 nitrogen and oxygen atoms in total. The summed E-state index contributed by atoms with van der Waals surface area (Å²) < 4.78 is 12.1. The van der Waals surface area contributed by atoms with Crippen LogP contribution in [0.3, 0.4) is 0 Å². The molecule has 1 saturated heterocycles. The standard InChI is InChI=1S/C13H14N2O3/c1-17-10-2-3-12-11(6-10)13(16)15(8-14-12)9-4-5-18-7-9/h2-3,6,8-9H,4-5,7H2,1H3. The highest BCUT2D eigenvalue weighted by Crippen LogP contribution is 2.19. The molecule has 0 saturated carbocycles. The van der Waals surface area contributed by atoms with Crippen LogP contribution in [0.5, 0.6) is 5.75 Å². The highest BCUT2D eigenvalue weighted by Gasteiger charge is 2.19. The van der Waals surface area contributed by atoms with Crippen molar-refractivity contribution in [3.05, 3.63) is 34.9 Å². The fourth-order valence-electron chi connectivity index (χ4n) is 2.24. The topological polar surface area (TPSA) is 53.4 Å². The van der Waals surface area contributed by atoms with Gasteiger partial charge < -0.3 is 9.47 Å². The van der Waals surface area contributed by atoms with E-state index in [0.717, 1.165) is 6.42 Å². The van der Waals surface area contributed by atoms with Crippen molar-refractivity contribution < 1.29 is 9.47 Å². The number of nitrogens with zero attached hydrogens (tertiary/aromatic N) is 2. The second-order valence-electron chi connectivity index (χ2n) is 4.36. The third-order valence-electron chi connectivity index (χ3n) is 3.29. The minimum atomic E-state index is -0.0330. The molecule has 0 N–H and O–H groups in total. The Balaban J connectivity index is 2.17. The first-order chi connectivity index (χ1) is 8.79. The van der Waals surface area contributed by atoms with E-state index >= 15 is 0 Å². The van der Waals surface area contributed by atoms with Crippen LogP contribution >= 0.6 is 0 Å². The Morgan fingerprint density at radius 1 is 1.50 bits per heavy atom. The lowest BCUT2D eigenvalue weighted by molar-refractivity contribution is 0.186. The fraction of sp³-hybridized carbons (Fsp3) is 0.385. The Morgan fingerprint density at radius 2 is 2.39 bits per heavy atom. The Labute approximate surface area is 104 Å². The Morgan fingerprint density at radius 3 is 3.11 bits per heavy atom. The highest BCUT2D eigenvalue weighted by atomic mass is 16.5. The summed E-state index contributed by atoms with van der Waals surface area (Å²) >= 11 is 0. The number of hydrogen-bond acceptors (Lipinski definition) is 4. The van der Waals surface area contributed by atoms with Gasteiger partial charge in [-0.05, 0) is 24.6 Å². The number of benzene rings is 1. The van der Waals surface area contributed by atoms with Gasteiger partial charge in [-0.25, -0.2) is 4.98 Å². The van der Waals surface area contributed by atoms with E-state index in [1.54, 1.807) is 36.2 Å². The smallest absolute Gasteiger partial charge is 0.261 e. The van der Waals surface area contributed by atoms with Gasteiger partial charge in [0.25, 0.3) is 5.56 Å². The van der Waals surface area contributed by atoms with Crippen molar-refractivity contribution in [2.45, 2.75) is 12.5 Å². The van der Waals surface area contributed by atoms with E-state index in [9.17, 15) is 4.79 Å². The lowest BCUT2D eigenvalue weighted by Gasteiger charge is -2.12. The summed E-state index contributed by atoms with van der Waals surface area (Å²) in [5.41, 5.74) is 0.658. The maximum atomic E-state index is 12.4. The number of methoxy groups -OCH3 is 1. The van der Waals surface area contributed by atoms with Crippen molar-refractivity contribution >= 4 is 10.9 Å². The number of aromatic nitrogens is 2. The zero-order valence-electron chi connectivity index (χ0n) is 10.1. The minimum Gasteiger partial charge on any atom is -0.497 e. The molecule has 2 heterocycles. The summed E-state index contributed by atoms with van der Waals surface area (Å²) in [6.45, 7) is 1.28. The van der Waals surface area contributed by atoms with Crippen molar-refractivity contribution in [3.63, 3.8) is 0 Å². The zero-order valence-corrected chi connectivity index (χ0v) is 10.1. The molecule has 1 fully saturated rings. The van der Waals surface area contributed by atoms with Crippen molar-refractivity contribution in [1.29, 1.82) is 0 Å². The SMILES string of the molecule is COc1ccc2ncn(C3CCOC3)c(=O)c2c1. The van der Waals surface area contributed by atoms with E-state index in [0.29, 0.717) is 29.9 Å². The van der Waals surface area contributed by atoms with Gasteiger partial charge in [-0.3, -0.25) is 9.36 Å². The quantitative estimate of drug-likeness (QED) is 0.803. The van der Waals surface area contributed by atoms with Gasteiger partial charge in [0.15, 0.2) is 0 Å². The molecule has 1 aromatic carbocycles. The van der Waals surface area contributed by atoms with Crippen LogP contribution < -0.4 is 10.3 Å². The Hall–Kier alpha value is -1.88. The third kappa shape index (κ3) is 1.76. The fourth-order valence-corrected chi connectivity index (χ4v) is 2.24. The summed E-state index contributed by atoms with van der Waals surface area (Å²) in [6.07, 6.45) is 2.47. The van der Waals surface area contributed by atoms with E-state index in [2.05, 4.69) is 4.98 Å². The molecule has 1 aromatic heterocycles. The molecule has 1 unspecified atom stereocenters. The Kier molecular flexibility index (Phi) is 2.76. The van der Waals surface area contributed by atoms with Gasteiger partial charge >= 0.3 is 0 Å². The number of hydrogen-bond donors (Lipinski definition) is 0. The van der Waals surface area contributed by atoms with Crippen LogP contribution in [0.15, 0.2) is 29.3 Å². The van der Waals surface area contributed by atoms with Crippen LogP contribution in [0, 0.1) is 0 Å². The highest BCUT2D eigenvalue weighted by molar-refractivity contribution is 5.78. The number of rotatable bonds is 2. The molecule has 0 aliphatic carbocycles. The normalized spacial score (nSPS) is 19.3. The zero-order chi connectivity index (χ0) is 12.5. The van der Waals surface area contributed by atoms with Crippen molar-refractivity contribution in [2.75, 3.05) is 20.3 Å². The van der Waals surface area contributed by atoms with Crippen LogP contribution in [0.4, 0.5) is 0 Å². The van der Waals surface area contributed by atoms with Crippen molar-refractivity contribution in [2.24, 2.45) is 0 Å². The van der Waals surface area contributed by atoms with Crippen LogP contribution in [0.1, 0.15) is 12.5 Å². The molecule has 2 aromatic rings. The summed E-state index contributed by atoms with van der Waals surface area (Å²) in [4.78, 5) is 16.7. The maximum Gasteiger partial charge on any atom is 0.261 e. The largest absolute Gasteiger partial charge is 0.497 e. The molecule has 0 radical (unpaired) electrons. The third-order valence-corrected chi connectivity index (χ3v) is 3.29. The van der Waals surface area contributed by atoms with Gasteiger partial charge in [0.2, 0.25) is 0 Å². The van der Waals surface area contributed by atoms with Crippen LogP contribution in [-0.4, -0.2) is 29.9 Å². The number of ether oxygens (including phenoxy) is 2. The van der Waals surface area contributed by atoms with Crippen LogP contribution in [0.25, 0.3) is 10.9 Å². The van der Waals surface area contributed by atoms with Gasteiger partial charge in [-0.2, -0.15) is 0 Å². The molecule has 0 spiro atoms. The second-order valence-corrected chi connectivity index (χ2v) is 4.36. The predicted molar refractivity (Wildman–Crippen MR) is 67.0 cm³/mol. The molecule has 94 valence electrons. The molecule has 0 bridgehead atoms. The average molecular weight is 246 g/mol. The van der Waals surface area contributed by atoms with E-state index in [4.69, 9.17) is 9.47 Å². The number of fused-ring (bicyclic) bond motifs is 1. The van der Waals surface area contributed by atoms with E-state index in [1.807, 2.05) is 0 Å². The van der Waals surface area contributed by atoms with Crippen molar-refractivity contribution in [3.8, 4) is 5.75 Å². The van der Waals surface area contributed by atoms with Gasteiger partial charge in [-0.15, -0.1) is 0 Å². The van der Waals surface area contributed by atoms with E-state index in [-0.39, 0.29) is 11.6 Å². The maximum absolute atomic E-state index is 12.4. The average Bonchev–Trinajstić information content (AvgIpc) is 2.93. The second kappa shape index (κ2) is 4.42. The molecule has 1 aliphatic heterocycles. The first-order valence-electron chi connectivity index (χ1n) is 5.92. The molecule has 5 heteroatoms. The first kappa shape index (κ1) is 11.2. The first-order valence-corrected chi connectivity index (χ1v) is 5.92. The lowest BCUT2D eigenvalue weighted by Crippen LogP contribution is -2.25. The Bertz CT molecular complexity index is 630. The van der Waals surface area contributed by atoms with Crippen LogP contribution in [-0.2, 0) is 4.74 Å². The molecular formula is C13H14N2O3. The monoisotopic (exact) mass is 246 g/mol. The van der Waals surface area contributed by atoms with Crippen LogP contribution in [0.2, 0.25) is 0 Å². The summed E-state index contributed by atoms with van der Waals surface area (Å²) in [5, 5.41) is 0.587. The van der Waals surface area contributed by atoms with Gasteiger partial charge in [-0.1, -0.05) is 0 Å². The van der Waals surface area contributed by atoms with Gasteiger partial charge in [0, 0.05) is 6.61 Å². The summed E-state index contributed by atoms with van der Waals surface area (Å²) in [6, 6.07) is 5.43. The van der Waals surface area contributed by atoms with E-state index < -0.39 is 0 Å². The summed E-state index contributed by atoms with van der Waals surface area (Å²) in [7, 11) is 1.58. The minimum absolute atomic E-state index is 0.0330. The summed E-state index contributed by atoms with van der Waals surface area (Å²) in [5.74, 6) is 0.668. The molecule has 0 amide bonds. The lowest BCUT2D eigenvalue weighted by atomic mass is 10.2. The molecule has 1 aliphatic rings.